The lowest BCUT2D eigenvalue weighted by molar-refractivity contribution is 0.540. The zero-order valence-corrected chi connectivity index (χ0v) is 10.9. The van der Waals surface area contributed by atoms with Gasteiger partial charge in [0.05, 0.1) is 11.6 Å². The van der Waals surface area contributed by atoms with Crippen molar-refractivity contribution in [2.45, 2.75) is 32.6 Å². The first-order valence-corrected chi connectivity index (χ1v) is 6.39. The van der Waals surface area contributed by atoms with Crippen molar-refractivity contribution >= 4 is 11.6 Å². The van der Waals surface area contributed by atoms with Crippen molar-refractivity contribution in [3.8, 4) is 11.5 Å². The summed E-state index contributed by atoms with van der Waals surface area (Å²) in [6, 6.07) is 8.35. The van der Waals surface area contributed by atoms with Crippen LogP contribution in [0.4, 0.5) is 0 Å². The predicted octanol–water partition coefficient (Wildman–Crippen LogP) is 4.34. The average molecular weight is 250 g/mol. The summed E-state index contributed by atoms with van der Waals surface area (Å²) in [5, 5.41) is 0. The Morgan fingerprint density at radius 2 is 1.94 bits per heavy atom. The fourth-order valence-electron chi connectivity index (χ4n) is 1.78. The van der Waals surface area contributed by atoms with Gasteiger partial charge in [-0.1, -0.05) is 25.5 Å². The van der Waals surface area contributed by atoms with Crippen molar-refractivity contribution in [1.29, 1.82) is 0 Å². The van der Waals surface area contributed by atoms with Gasteiger partial charge in [-0.3, -0.25) is 0 Å². The lowest BCUT2D eigenvalue weighted by atomic mass is 10.1. The second kappa shape index (κ2) is 5.37. The number of hydrogen-bond acceptors (Lipinski definition) is 2. The lowest BCUT2D eigenvalue weighted by Crippen LogP contribution is -1.84. The maximum Gasteiger partial charge on any atom is 0.226 e. The van der Waals surface area contributed by atoms with Gasteiger partial charge in [0.15, 0.2) is 0 Å². The van der Waals surface area contributed by atoms with Gasteiger partial charge in [0, 0.05) is 5.56 Å². The molecule has 0 saturated heterocycles. The minimum atomic E-state index is 0.392. The topological polar surface area (TPSA) is 26.0 Å². The SMILES string of the molecule is CCCc1ccc(-c2nc(CCl)c(C)o2)cc1. The zero-order valence-electron chi connectivity index (χ0n) is 10.2. The molecule has 0 aliphatic rings. The van der Waals surface area contributed by atoms with Gasteiger partial charge in [-0.15, -0.1) is 11.6 Å². The first-order chi connectivity index (χ1) is 8.24. The molecule has 1 aromatic carbocycles. The number of alkyl halides is 1. The van der Waals surface area contributed by atoms with Gasteiger partial charge >= 0.3 is 0 Å². The molecule has 0 unspecified atom stereocenters. The van der Waals surface area contributed by atoms with Crippen molar-refractivity contribution in [3.63, 3.8) is 0 Å². The van der Waals surface area contributed by atoms with Gasteiger partial charge in [0.2, 0.25) is 5.89 Å². The van der Waals surface area contributed by atoms with Crippen molar-refractivity contribution in [2.24, 2.45) is 0 Å². The molecule has 0 bridgehead atoms. The van der Waals surface area contributed by atoms with Gasteiger partial charge in [-0.05, 0) is 31.0 Å². The van der Waals surface area contributed by atoms with Crippen LogP contribution in [0.2, 0.25) is 0 Å². The Morgan fingerprint density at radius 3 is 2.47 bits per heavy atom. The van der Waals surface area contributed by atoms with Crippen molar-refractivity contribution in [2.75, 3.05) is 0 Å². The van der Waals surface area contributed by atoms with E-state index >= 15 is 0 Å². The summed E-state index contributed by atoms with van der Waals surface area (Å²) in [7, 11) is 0. The molecule has 3 heteroatoms. The molecule has 17 heavy (non-hydrogen) atoms. The van der Waals surface area contributed by atoms with Crippen LogP contribution in [-0.4, -0.2) is 4.98 Å². The van der Waals surface area contributed by atoms with E-state index < -0.39 is 0 Å². The Kier molecular flexibility index (Phi) is 3.85. The third kappa shape index (κ3) is 2.70. The Labute approximate surface area is 107 Å². The maximum atomic E-state index is 5.78. The number of rotatable bonds is 4. The monoisotopic (exact) mass is 249 g/mol. The molecule has 0 spiro atoms. The molecule has 1 aromatic heterocycles. The first kappa shape index (κ1) is 12.2. The average Bonchev–Trinajstić information content (AvgIpc) is 2.72. The number of aromatic nitrogens is 1. The van der Waals surface area contributed by atoms with Crippen LogP contribution in [0.25, 0.3) is 11.5 Å². The Morgan fingerprint density at radius 1 is 1.24 bits per heavy atom. The highest BCUT2D eigenvalue weighted by Crippen LogP contribution is 2.23. The Hall–Kier alpha value is -1.28. The summed E-state index contributed by atoms with van der Waals surface area (Å²) in [4.78, 5) is 4.38. The molecule has 0 fully saturated rings. The van der Waals surface area contributed by atoms with E-state index in [0.717, 1.165) is 29.9 Å². The number of nitrogens with zero attached hydrogens (tertiary/aromatic N) is 1. The van der Waals surface area contributed by atoms with E-state index in [9.17, 15) is 0 Å². The molecule has 1 heterocycles. The van der Waals surface area contributed by atoms with E-state index in [-0.39, 0.29) is 0 Å². The van der Waals surface area contributed by atoms with Crippen molar-refractivity contribution < 1.29 is 4.42 Å². The van der Waals surface area contributed by atoms with Crippen molar-refractivity contribution in [1.82, 2.24) is 4.98 Å². The molecule has 0 atom stereocenters. The molecule has 90 valence electrons. The standard InChI is InChI=1S/C14H16ClNO/c1-3-4-11-5-7-12(8-6-11)14-16-13(9-15)10(2)17-14/h5-8H,3-4,9H2,1-2H3. The van der Waals surface area contributed by atoms with Crippen molar-refractivity contribution in [3.05, 3.63) is 41.3 Å². The quantitative estimate of drug-likeness (QED) is 0.754. The minimum absolute atomic E-state index is 0.392. The number of oxazole rings is 1. The normalized spacial score (nSPS) is 10.8. The summed E-state index contributed by atoms with van der Waals surface area (Å²) >= 11 is 5.78. The third-order valence-corrected chi connectivity index (χ3v) is 3.01. The lowest BCUT2D eigenvalue weighted by Gasteiger charge is -1.99. The highest BCUT2D eigenvalue weighted by Gasteiger charge is 2.10. The number of benzene rings is 1. The zero-order chi connectivity index (χ0) is 12.3. The Bertz CT molecular complexity index is 487. The first-order valence-electron chi connectivity index (χ1n) is 5.86. The molecule has 2 nitrogen and oxygen atoms in total. The van der Waals surface area contributed by atoms with Gasteiger partial charge in [-0.25, -0.2) is 4.98 Å². The third-order valence-electron chi connectivity index (χ3n) is 2.76. The van der Waals surface area contributed by atoms with Crippen LogP contribution in [0, 0.1) is 6.92 Å². The summed E-state index contributed by atoms with van der Waals surface area (Å²) < 4.78 is 5.60. The molecule has 2 aromatic rings. The minimum Gasteiger partial charge on any atom is -0.441 e. The Balaban J connectivity index is 2.26. The molecule has 0 aliphatic carbocycles. The van der Waals surface area contributed by atoms with Gasteiger partial charge in [0.25, 0.3) is 0 Å². The fraction of sp³-hybridized carbons (Fsp3) is 0.357. The molecule has 0 amide bonds. The smallest absolute Gasteiger partial charge is 0.226 e. The van der Waals surface area contributed by atoms with E-state index in [2.05, 4.69) is 24.0 Å². The van der Waals surface area contributed by atoms with Crippen LogP contribution in [0.3, 0.4) is 0 Å². The van der Waals surface area contributed by atoms with Crippen LogP contribution in [0.1, 0.15) is 30.4 Å². The number of aryl methyl sites for hydroxylation is 2. The number of halogens is 1. The molecule has 0 N–H and O–H groups in total. The summed E-state index contributed by atoms with van der Waals surface area (Å²) in [6.45, 7) is 4.07. The van der Waals surface area contributed by atoms with Crippen LogP contribution in [0.5, 0.6) is 0 Å². The van der Waals surface area contributed by atoms with Crippen LogP contribution in [0.15, 0.2) is 28.7 Å². The predicted molar refractivity (Wildman–Crippen MR) is 70.2 cm³/mol. The highest BCUT2D eigenvalue weighted by molar-refractivity contribution is 6.16. The van der Waals surface area contributed by atoms with Crippen LogP contribution >= 0.6 is 11.6 Å². The fourth-order valence-corrected chi connectivity index (χ4v) is 2.03. The molecule has 0 radical (unpaired) electrons. The van der Waals surface area contributed by atoms with E-state index in [1.165, 1.54) is 5.56 Å². The maximum absolute atomic E-state index is 5.78. The van der Waals surface area contributed by atoms with Gasteiger partial charge < -0.3 is 4.42 Å². The summed E-state index contributed by atoms with van der Waals surface area (Å²) in [5.74, 6) is 1.84. The number of hydrogen-bond donors (Lipinski definition) is 0. The summed E-state index contributed by atoms with van der Waals surface area (Å²) in [6.07, 6.45) is 2.27. The van der Waals surface area contributed by atoms with E-state index in [4.69, 9.17) is 16.0 Å². The molecule has 0 aliphatic heterocycles. The molecule has 0 saturated carbocycles. The van der Waals surface area contributed by atoms with Gasteiger partial charge in [-0.2, -0.15) is 0 Å². The van der Waals surface area contributed by atoms with Crippen LogP contribution < -0.4 is 0 Å². The van der Waals surface area contributed by atoms with Crippen LogP contribution in [-0.2, 0) is 12.3 Å². The van der Waals surface area contributed by atoms with E-state index in [1.54, 1.807) is 0 Å². The summed E-state index contributed by atoms with van der Waals surface area (Å²) in [5.41, 5.74) is 3.17. The largest absolute Gasteiger partial charge is 0.441 e. The second-order valence-corrected chi connectivity index (χ2v) is 4.37. The molecular formula is C14H16ClNO. The highest BCUT2D eigenvalue weighted by atomic mass is 35.5. The van der Waals surface area contributed by atoms with E-state index in [0.29, 0.717) is 11.8 Å². The molecule has 2 rings (SSSR count). The second-order valence-electron chi connectivity index (χ2n) is 4.10. The molecular weight excluding hydrogens is 234 g/mol. The van der Waals surface area contributed by atoms with E-state index in [1.807, 2.05) is 19.1 Å². The van der Waals surface area contributed by atoms with Gasteiger partial charge in [0.1, 0.15) is 5.76 Å².